The number of aliphatic imine (C=N–C) groups is 1. The van der Waals surface area contributed by atoms with Crippen LogP contribution in [0.4, 0.5) is 38.1 Å². The van der Waals surface area contributed by atoms with Crippen molar-refractivity contribution < 1.29 is 41.0 Å². The number of aromatic nitrogens is 3. The fourth-order valence-corrected chi connectivity index (χ4v) is 5.73. The first-order valence-corrected chi connectivity index (χ1v) is 16.0. The summed E-state index contributed by atoms with van der Waals surface area (Å²) in [6, 6.07) is 18.0. The van der Waals surface area contributed by atoms with Gasteiger partial charge in [0, 0.05) is 31.4 Å². The zero-order chi connectivity index (χ0) is 35.3. The monoisotopic (exact) mass is 702 g/mol. The molecular weight excluding hydrogens is 671 g/mol. The van der Waals surface area contributed by atoms with E-state index < -0.39 is 24.1 Å². The Kier molecular flexibility index (Phi) is 10.7. The number of aryl methyl sites for hydroxylation is 1. The predicted octanol–water partition coefficient (Wildman–Crippen LogP) is 7.84. The smallest absolute Gasteiger partial charge is 0.426 e. The van der Waals surface area contributed by atoms with Gasteiger partial charge in [-0.15, -0.1) is 5.10 Å². The quantitative estimate of drug-likeness (QED) is 0.125. The third-order valence-corrected chi connectivity index (χ3v) is 8.16. The van der Waals surface area contributed by atoms with E-state index in [9.17, 15) is 31.5 Å². The summed E-state index contributed by atoms with van der Waals surface area (Å²) in [6.07, 6.45) is -10.2. The third kappa shape index (κ3) is 8.25. The molecule has 0 spiro atoms. The highest BCUT2D eigenvalue weighted by Crippen LogP contribution is 2.37. The van der Waals surface area contributed by atoms with Crippen molar-refractivity contribution in [3.8, 4) is 22.8 Å². The normalized spacial score (nSPS) is 14.6. The molecule has 0 radical (unpaired) electrons. The molecule has 3 aromatic carbocycles. The molecule has 2 heterocycles. The molecule has 5 rings (SSSR count). The summed E-state index contributed by atoms with van der Waals surface area (Å²) in [4.78, 5) is 35.9. The minimum atomic E-state index is -5.87. The molecule has 10 nitrogen and oxygen atoms in total. The van der Waals surface area contributed by atoms with Crippen LogP contribution in [0, 0.1) is 0 Å². The van der Waals surface area contributed by atoms with Gasteiger partial charge in [0.15, 0.2) is 11.0 Å². The third-order valence-electron chi connectivity index (χ3n) is 7.24. The van der Waals surface area contributed by atoms with Crippen LogP contribution in [-0.4, -0.2) is 63.6 Å². The number of amidine groups is 1. The number of methoxy groups -OCH3 is 1. The Morgan fingerprint density at radius 3 is 2.37 bits per heavy atom. The Labute approximate surface area is 282 Å². The number of halogens is 5. The SMILES string of the molecule is COCCCc1nc(-c2ccc(NC(=O)N=C3SCC(=O)N3c3ccccc3C(C)C)cc2)nn1-c1ccc(OC(F)(F)C(F)(F)F)cc1. The largest absolute Gasteiger partial charge is 0.499 e. The fraction of sp³-hybridized carbons (Fsp3) is 0.303. The number of nitrogens with one attached hydrogen (secondary N) is 1. The number of nitrogens with zero attached hydrogens (tertiary/aromatic N) is 5. The Bertz CT molecular complexity index is 1830. The summed E-state index contributed by atoms with van der Waals surface area (Å²) < 4.78 is 74.9. The van der Waals surface area contributed by atoms with Gasteiger partial charge >= 0.3 is 18.3 Å². The van der Waals surface area contributed by atoms with Gasteiger partial charge in [-0.05, 0) is 72.5 Å². The van der Waals surface area contributed by atoms with Crippen LogP contribution < -0.4 is 15.0 Å². The van der Waals surface area contributed by atoms with E-state index in [1.54, 1.807) is 31.4 Å². The maximum atomic E-state index is 13.4. The summed E-state index contributed by atoms with van der Waals surface area (Å²) in [6.45, 7) is 4.46. The molecule has 1 saturated heterocycles. The topological polar surface area (TPSA) is 111 Å². The predicted molar refractivity (Wildman–Crippen MR) is 176 cm³/mol. The van der Waals surface area contributed by atoms with Crippen LogP contribution in [0.1, 0.15) is 37.6 Å². The van der Waals surface area contributed by atoms with E-state index in [1.807, 2.05) is 38.1 Å². The molecule has 4 aromatic rings. The van der Waals surface area contributed by atoms with E-state index in [-0.39, 0.29) is 22.7 Å². The summed E-state index contributed by atoms with van der Waals surface area (Å²) in [7, 11) is 1.55. The van der Waals surface area contributed by atoms with E-state index in [1.165, 1.54) is 33.5 Å². The molecule has 1 aliphatic heterocycles. The maximum absolute atomic E-state index is 13.4. The molecule has 1 N–H and O–H groups in total. The minimum Gasteiger partial charge on any atom is -0.426 e. The zero-order valence-corrected chi connectivity index (χ0v) is 27.3. The standard InChI is InChI=1S/C33H31F5N6O4S/c1-20(2)25-7-4-5-8-26(25)43-28(45)19-49-31(43)41-30(46)39-22-12-10-21(11-13-22)29-40-27(9-6-18-47-3)44(42-29)23-14-16-24(17-15-23)48-33(37,38)32(34,35)36/h4-5,7-8,10-17,20H,6,9,18-19H2,1-3H3,(H,39,46). The van der Waals surface area contributed by atoms with Gasteiger partial charge in [-0.1, -0.05) is 43.8 Å². The van der Waals surface area contributed by atoms with E-state index in [0.717, 1.165) is 17.7 Å². The second-order valence-corrected chi connectivity index (χ2v) is 12.0. The number of anilines is 2. The van der Waals surface area contributed by atoms with Crippen LogP contribution in [0.15, 0.2) is 77.8 Å². The van der Waals surface area contributed by atoms with Gasteiger partial charge < -0.3 is 14.8 Å². The van der Waals surface area contributed by atoms with Crippen molar-refractivity contribution in [1.29, 1.82) is 0 Å². The van der Waals surface area contributed by atoms with Crippen molar-refractivity contribution in [2.24, 2.45) is 4.99 Å². The van der Waals surface area contributed by atoms with Crippen LogP contribution in [0.3, 0.4) is 0 Å². The molecule has 0 atom stereocenters. The minimum absolute atomic E-state index is 0.146. The van der Waals surface area contributed by atoms with Crippen LogP contribution >= 0.6 is 11.8 Å². The van der Waals surface area contributed by atoms with Gasteiger partial charge in [-0.3, -0.25) is 9.69 Å². The van der Waals surface area contributed by atoms with Crippen molar-refractivity contribution in [1.82, 2.24) is 14.8 Å². The van der Waals surface area contributed by atoms with Gasteiger partial charge in [0.2, 0.25) is 5.91 Å². The summed E-state index contributed by atoms with van der Waals surface area (Å²) in [5.41, 5.74) is 2.99. The summed E-state index contributed by atoms with van der Waals surface area (Å²) in [5.74, 6) is 0.243. The Morgan fingerprint density at radius 2 is 1.71 bits per heavy atom. The number of ether oxygens (including phenoxy) is 2. The number of rotatable bonds is 11. The van der Waals surface area contributed by atoms with Crippen molar-refractivity contribution >= 4 is 40.2 Å². The number of benzene rings is 3. The summed E-state index contributed by atoms with van der Waals surface area (Å²) in [5, 5.41) is 7.52. The first-order valence-electron chi connectivity index (χ1n) is 15.0. The highest BCUT2D eigenvalue weighted by atomic mass is 32.2. The van der Waals surface area contributed by atoms with Crippen molar-refractivity contribution in [2.75, 3.05) is 29.7 Å². The zero-order valence-electron chi connectivity index (χ0n) is 26.5. The average Bonchev–Trinajstić information content (AvgIpc) is 3.64. The number of hydrogen-bond donors (Lipinski definition) is 1. The number of urea groups is 1. The Morgan fingerprint density at radius 1 is 1.02 bits per heavy atom. The van der Waals surface area contributed by atoms with Gasteiger partial charge in [0.05, 0.1) is 17.1 Å². The lowest BCUT2D eigenvalue weighted by Crippen LogP contribution is -2.41. The van der Waals surface area contributed by atoms with Gasteiger partial charge in [0.25, 0.3) is 0 Å². The molecule has 1 aliphatic rings. The molecule has 49 heavy (non-hydrogen) atoms. The number of para-hydroxylation sites is 1. The van der Waals surface area contributed by atoms with Crippen LogP contribution in [0.2, 0.25) is 0 Å². The van der Waals surface area contributed by atoms with Crippen molar-refractivity contribution in [3.05, 3.63) is 84.2 Å². The van der Waals surface area contributed by atoms with E-state index in [4.69, 9.17) is 4.74 Å². The Hall–Kier alpha value is -4.83. The number of carbonyl (C=O) groups is 2. The molecule has 258 valence electrons. The molecular formula is C33H31F5N6O4S. The molecule has 0 saturated carbocycles. The van der Waals surface area contributed by atoms with Crippen LogP contribution in [-0.2, 0) is 16.0 Å². The van der Waals surface area contributed by atoms with Crippen LogP contribution in [0.25, 0.3) is 17.1 Å². The second kappa shape index (κ2) is 14.7. The van der Waals surface area contributed by atoms with Crippen LogP contribution in [0.5, 0.6) is 5.75 Å². The molecule has 1 fully saturated rings. The molecule has 0 aliphatic carbocycles. The molecule has 0 bridgehead atoms. The van der Waals surface area contributed by atoms with E-state index in [0.29, 0.717) is 53.7 Å². The maximum Gasteiger partial charge on any atom is 0.499 e. The number of alkyl halides is 5. The highest BCUT2D eigenvalue weighted by Gasteiger charge is 2.61. The molecule has 3 amide bonds. The number of carbonyl (C=O) groups excluding carboxylic acids is 2. The lowest BCUT2D eigenvalue weighted by Gasteiger charge is -2.21. The van der Waals surface area contributed by atoms with Crippen molar-refractivity contribution in [2.45, 2.75) is 44.9 Å². The first-order chi connectivity index (χ1) is 23.3. The number of amides is 3. The van der Waals surface area contributed by atoms with Gasteiger partial charge in [-0.2, -0.15) is 26.9 Å². The summed E-state index contributed by atoms with van der Waals surface area (Å²) >= 11 is 1.18. The van der Waals surface area contributed by atoms with Gasteiger partial charge in [0.1, 0.15) is 11.6 Å². The number of hydrogen-bond acceptors (Lipinski definition) is 7. The van der Waals surface area contributed by atoms with Gasteiger partial charge in [-0.25, -0.2) is 14.5 Å². The first kappa shape index (κ1) is 35.5. The average molecular weight is 703 g/mol. The fourth-order valence-electron chi connectivity index (χ4n) is 4.87. The molecule has 16 heteroatoms. The lowest BCUT2D eigenvalue weighted by molar-refractivity contribution is -0.360. The van der Waals surface area contributed by atoms with E-state index >= 15 is 0 Å². The Balaban J connectivity index is 1.33. The second-order valence-electron chi connectivity index (χ2n) is 11.1. The highest BCUT2D eigenvalue weighted by molar-refractivity contribution is 8.15. The lowest BCUT2D eigenvalue weighted by atomic mass is 10.0. The number of thioether (sulfide) groups is 1. The van der Waals surface area contributed by atoms with E-state index in [2.05, 4.69) is 25.1 Å². The molecule has 1 aromatic heterocycles. The van der Waals surface area contributed by atoms with Crippen molar-refractivity contribution in [3.63, 3.8) is 0 Å². The molecule has 0 unspecified atom stereocenters.